The van der Waals surface area contributed by atoms with Gasteiger partial charge in [-0.05, 0) is 37.9 Å². The minimum atomic E-state index is -0.552. The Hall–Kier alpha value is -2.37. The fourth-order valence-electron chi connectivity index (χ4n) is 2.40. The zero-order valence-electron chi connectivity index (χ0n) is 13.7. The molecule has 1 atom stereocenters. The molecule has 0 saturated heterocycles. The third kappa shape index (κ3) is 4.13. The lowest BCUT2D eigenvalue weighted by Gasteiger charge is -2.24. The van der Waals surface area contributed by atoms with E-state index in [1.165, 1.54) is 13.2 Å². The van der Waals surface area contributed by atoms with Crippen molar-refractivity contribution in [1.82, 2.24) is 4.90 Å². The molecule has 0 radical (unpaired) electrons. The Morgan fingerprint density at radius 2 is 1.79 bits per heavy atom. The van der Waals surface area contributed by atoms with Crippen molar-refractivity contribution in [2.24, 2.45) is 0 Å². The van der Waals surface area contributed by atoms with E-state index in [4.69, 9.17) is 11.6 Å². The highest BCUT2D eigenvalue weighted by Gasteiger charge is 2.23. The van der Waals surface area contributed by atoms with Crippen molar-refractivity contribution in [1.29, 1.82) is 0 Å². The molecule has 0 bridgehead atoms. The number of carbonyl (C=O) groups excluding carboxylic acids is 2. The second-order valence-electron chi connectivity index (χ2n) is 5.45. The molecule has 24 heavy (non-hydrogen) atoms. The van der Waals surface area contributed by atoms with Crippen LogP contribution in [-0.4, -0.2) is 38.0 Å². The number of nitrogens with one attached hydrogen (secondary N) is 1. The van der Waals surface area contributed by atoms with E-state index in [-0.39, 0.29) is 16.5 Å². The average Bonchev–Trinajstić information content (AvgIpc) is 2.56. The molecule has 1 N–H and O–H groups in total. The van der Waals surface area contributed by atoms with Gasteiger partial charge < -0.3 is 10.1 Å². The van der Waals surface area contributed by atoms with Crippen LogP contribution in [-0.2, 0) is 9.53 Å². The van der Waals surface area contributed by atoms with E-state index in [2.05, 4.69) is 10.1 Å². The van der Waals surface area contributed by atoms with Crippen LogP contribution in [0.5, 0.6) is 0 Å². The summed E-state index contributed by atoms with van der Waals surface area (Å²) in [7, 11) is 4.94. The maximum atomic E-state index is 12.7. The first kappa shape index (κ1) is 18.0. The molecule has 5 nitrogen and oxygen atoms in total. The number of hydrogen-bond donors (Lipinski definition) is 1. The number of rotatable bonds is 5. The maximum Gasteiger partial charge on any atom is 0.339 e. The monoisotopic (exact) mass is 346 g/mol. The SMILES string of the molecule is COC(=O)c1cc(NC(=O)C(c2ccccc2)N(C)C)ccc1Cl. The van der Waals surface area contributed by atoms with Gasteiger partial charge in [-0.15, -0.1) is 0 Å². The molecule has 0 aliphatic carbocycles. The highest BCUT2D eigenvalue weighted by Crippen LogP contribution is 2.24. The van der Waals surface area contributed by atoms with Crippen LogP contribution < -0.4 is 5.32 Å². The number of likely N-dealkylation sites (N-methyl/N-ethyl adjacent to an activating group) is 1. The number of nitrogens with zero attached hydrogens (tertiary/aromatic N) is 1. The van der Waals surface area contributed by atoms with Gasteiger partial charge in [0, 0.05) is 5.69 Å². The first-order valence-electron chi connectivity index (χ1n) is 7.34. The molecule has 2 aromatic carbocycles. The molecule has 0 aromatic heterocycles. The van der Waals surface area contributed by atoms with Gasteiger partial charge in [-0.2, -0.15) is 0 Å². The molecule has 1 unspecified atom stereocenters. The largest absolute Gasteiger partial charge is 0.465 e. The number of ether oxygens (including phenoxy) is 1. The number of hydrogen-bond acceptors (Lipinski definition) is 4. The summed E-state index contributed by atoms with van der Waals surface area (Å²) in [6.45, 7) is 0. The number of methoxy groups -OCH3 is 1. The van der Waals surface area contributed by atoms with Gasteiger partial charge in [0.2, 0.25) is 5.91 Å². The molecule has 0 saturated carbocycles. The van der Waals surface area contributed by atoms with Gasteiger partial charge in [0.1, 0.15) is 6.04 Å². The van der Waals surface area contributed by atoms with Crippen molar-refractivity contribution >= 4 is 29.2 Å². The highest BCUT2D eigenvalue weighted by molar-refractivity contribution is 6.33. The molecule has 0 spiro atoms. The molecular formula is C18H19ClN2O3. The summed E-state index contributed by atoms with van der Waals surface area (Å²) in [5, 5.41) is 3.09. The molecule has 0 fully saturated rings. The first-order chi connectivity index (χ1) is 11.4. The van der Waals surface area contributed by atoms with Crippen molar-refractivity contribution in [3.8, 4) is 0 Å². The first-order valence-corrected chi connectivity index (χ1v) is 7.72. The minimum absolute atomic E-state index is 0.204. The maximum absolute atomic E-state index is 12.7. The van der Waals surface area contributed by atoms with Gasteiger partial charge in [-0.25, -0.2) is 4.79 Å². The summed E-state index contributed by atoms with van der Waals surface area (Å²) in [5.41, 5.74) is 1.56. The van der Waals surface area contributed by atoms with Crippen LogP contribution in [0.25, 0.3) is 0 Å². The van der Waals surface area contributed by atoms with Crippen LogP contribution in [0.2, 0.25) is 5.02 Å². The van der Waals surface area contributed by atoms with Gasteiger partial charge >= 0.3 is 5.97 Å². The number of benzene rings is 2. The van der Waals surface area contributed by atoms with Crippen LogP contribution >= 0.6 is 11.6 Å². The Morgan fingerprint density at radius 3 is 2.38 bits per heavy atom. The van der Waals surface area contributed by atoms with E-state index in [0.717, 1.165) is 5.56 Å². The molecular weight excluding hydrogens is 328 g/mol. The van der Waals surface area contributed by atoms with E-state index in [1.807, 2.05) is 49.3 Å². The number of esters is 1. The summed E-state index contributed by atoms with van der Waals surface area (Å²) >= 11 is 5.99. The Bertz CT molecular complexity index is 732. The smallest absolute Gasteiger partial charge is 0.339 e. The zero-order chi connectivity index (χ0) is 17.7. The lowest BCUT2D eigenvalue weighted by Crippen LogP contribution is -2.32. The van der Waals surface area contributed by atoms with E-state index in [1.54, 1.807) is 12.1 Å². The molecule has 2 rings (SSSR count). The van der Waals surface area contributed by atoms with Crippen molar-refractivity contribution in [3.05, 3.63) is 64.7 Å². The molecule has 0 aliphatic heterocycles. The lowest BCUT2D eigenvalue weighted by molar-refractivity contribution is -0.120. The fraction of sp³-hybridized carbons (Fsp3) is 0.222. The minimum Gasteiger partial charge on any atom is -0.465 e. The van der Waals surface area contributed by atoms with Crippen molar-refractivity contribution in [2.45, 2.75) is 6.04 Å². The Kier molecular flexibility index (Phi) is 5.95. The van der Waals surface area contributed by atoms with E-state index in [9.17, 15) is 9.59 Å². The zero-order valence-corrected chi connectivity index (χ0v) is 14.5. The number of amides is 1. The van der Waals surface area contributed by atoms with Crippen LogP contribution in [0.3, 0.4) is 0 Å². The van der Waals surface area contributed by atoms with Crippen molar-refractivity contribution in [3.63, 3.8) is 0 Å². The third-order valence-electron chi connectivity index (χ3n) is 3.52. The molecule has 0 aliphatic rings. The quantitative estimate of drug-likeness (QED) is 0.843. The highest BCUT2D eigenvalue weighted by atomic mass is 35.5. The van der Waals surface area contributed by atoms with Gasteiger partial charge in [-0.1, -0.05) is 41.9 Å². The lowest BCUT2D eigenvalue weighted by atomic mass is 10.1. The topological polar surface area (TPSA) is 58.6 Å². The number of carbonyl (C=O) groups is 2. The van der Waals surface area contributed by atoms with Crippen LogP contribution in [0, 0.1) is 0 Å². The van der Waals surface area contributed by atoms with Gasteiger partial charge in [0.15, 0.2) is 0 Å². The fourth-order valence-corrected chi connectivity index (χ4v) is 2.59. The Balaban J connectivity index is 2.26. The Labute approximate surface area is 146 Å². The van der Waals surface area contributed by atoms with E-state index in [0.29, 0.717) is 5.69 Å². The molecule has 0 heterocycles. The summed E-state index contributed by atoms with van der Waals surface area (Å²) < 4.78 is 4.69. The molecule has 6 heteroatoms. The summed E-state index contributed by atoms with van der Waals surface area (Å²) in [6, 6.07) is 13.7. The normalized spacial score (nSPS) is 11.9. The summed E-state index contributed by atoms with van der Waals surface area (Å²) in [4.78, 5) is 26.2. The van der Waals surface area contributed by atoms with Crippen LogP contribution in [0.1, 0.15) is 22.0 Å². The number of halogens is 1. The Morgan fingerprint density at radius 1 is 1.12 bits per heavy atom. The number of anilines is 1. The molecule has 1 amide bonds. The molecule has 2 aromatic rings. The average molecular weight is 347 g/mol. The van der Waals surface area contributed by atoms with E-state index < -0.39 is 12.0 Å². The molecule has 126 valence electrons. The van der Waals surface area contributed by atoms with Gasteiger partial charge in [-0.3, -0.25) is 9.69 Å². The predicted octanol–water partition coefficient (Wildman–Crippen LogP) is 3.37. The standard InChI is InChI=1S/C18H19ClN2O3/c1-21(2)16(12-7-5-4-6-8-12)17(22)20-13-9-10-15(19)14(11-13)18(23)24-3/h4-11,16H,1-3H3,(H,20,22). The predicted molar refractivity (Wildman–Crippen MR) is 94.3 cm³/mol. The second-order valence-corrected chi connectivity index (χ2v) is 5.86. The van der Waals surface area contributed by atoms with Crippen LogP contribution in [0.4, 0.5) is 5.69 Å². The summed E-state index contributed by atoms with van der Waals surface area (Å²) in [5.74, 6) is -0.757. The second kappa shape index (κ2) is 7.95. The van der Waals surface area contributed by atoms with Gasteiger partial charge in [0.25, 0.3) is 0 Å². The van der Waals surface area contributed by atoms with E-state index >= 15 is 0 Å². The van der Waals surface area contributed by atoms with Gasteiger partial charge in [0.05, 0.1) is 17.7 Å². The van der Waals surface area contributed by atoms with Crippen LogP contribution in [0.15, 0.2) is 48.5 Å². The van der Waals surface area contributed by atoms with Crippen molar-refractivity contribution < 1.29 is 14.3 Å². The third-order valence-corrected chi connectivity index (χ3v) is 3.85. The summed E-state index contributed by atoms with van der Waals surface area (Å²) in [6.07, 6.45) is 0. The van der Waals surface area contributed by atoms with Crippen molar-refractivity contribution in [2.75, 3.05) is 26.5 Å².